The lowest BCUT2D eigenvalue weighted by molar-refractivity contribution is -0.384. The van der Waals surface area contributed by atoms with E-state index in [1.165, 1.54) is 6.07 Å². The van der Waals surface area contributed by atoms with Crippen molar-refractivity contribution in [3.05, 3.63) is 28.3 Å². The van der Waals surface area contributed by atoms with Crippen molar-refractivity contribution in [3.63, 3.8) is 0 Å². The van der Waals surface area contributed by atoms with Crippen molar-refractivity contribution in [2.45, 2.75) is 6.04 Å². The zero-order valence-electron chi connectivity index (χ0n) is 9.96. The lowest BCUT2D eigenvalue weighted by Gasteiger charge is -2.22. The molecule has 1 atom stereocenters. The highest BCUT2D eigenvalue weighted by Crippen LogP contribution is 2.27. The number of amides is 1. The van der Waals surface area contributed by atoms with Crippen LogP contribution in [0.5, 0.6) is 5.75 Å². The molecule has 1 aromatic rings. The Labute approximate surface area is 108 Å². The number of benzene rings is 1. The fraction of sp³-hybridized carbons (Fsp3) is 0.364. The monoisotopic (exact) mass is 267 g/mol. The standard InChI is InChI=1S/C11H13N3O5/c15-10-2-1-7(14(17)18)5-8(10)13-11(16)9-6-19-4-3-12-9/h1-2,5,9,12,15H,3-4,6H2,(H,13,16). The Morgan fingerprint density at radius 1 is 1.58 bits per heavy atom. The predicted molar refractivity (Wildman–Crippen MR) is 66.0 cm³/mol. The number of rotatable bonds is 3. The second-order valence-electron chi connectivity index (χ2n) is 4.03. The summed E-state index contributed by atoms with van der Waals surface area (Å²) in [6.45, 7) is 1.31. The van der Waals surface area contributed by atoms with E-state index in [-0.39, 0.29) is 23.7 Å². The number of non-ortho nitro benzene ring substituents is 1. The van der Waals surface area contributed by atoms with Gasteiger partial charge < -0.3 is 20.5 Å². The summed E-state index contributed by atoms with van der Waals surface area (Å²) < 4.78 is 5.14. The lowest BCUT2D eigenvalue weighted by Crippen LogP contribution is -2.48. The normalized spacial score (nSPS) is 18.8. The maximum atomic E-state index is 11.9. The summed E-state index contributed by atoms with van der Waals surface area (Å²) >= 11 is 0. The van der Waals surface area contributed by atoms with Gasteiger partial charge in [-0.15, -0.1) is 0 Å². The number of nitro groups is 1. The van der Waals surface area contributed by atoms with Crippen LogP contribution in [0.1, 0.15) is 0 Å². The zero-order valence-corrected chi connectivity index (χ0v) is 9.96. The maximum Gasteiger partial charge on any atom is 0.271 e. The van der Waals surface area contributed by atoms with Gasteiger partial charge >= 0.3 is 0 Å². The van der Waals surface area contributed by atoms with E-state index >= 15 is 0 Å². The van der Waals surface area contributed by atoms with Gasteiger partial charge in [-0.05, 0) is 6.07 Å². The number of anilines is 1. The molecule has 1 amide bonds. The van der Waals surface area contributed by atoms with Gasteiger partial charge in [0, 0.05) is 18.7 Å². The predicted octanol–water partition coefficient (Wildman–Crippen LogP) is 0.227. The number of phenols is 1. The van der Waals surface area contributed by atoms with Crippen LogP contribution in [0.3, 0.4) is 0 Å². The molecule has 1 unspecified atom stereocenters. The van der Waals surface area contributed by atoms with Crippen LogP contribution in [0.15, 0.2) is 18.2 Å². The molecule has 1 saturated heterocycles. The Morgan fingerprint density at radius 2 is 2.37 bits per heavy atom. The third-order valence-electron chi connectivity index (χ3n) is 2.69. The first-order chi connectivity index (χ1) is 9.08. The van der Waals surface area contributed by atoms with Crippen LogP contribution in [-0.2, 0) is 9.53 Å². The first-order valence-corrected chi connectivity index (χ1v) is 5.67. The van der Waals surface area contributed by atoms with Crippen LogP contribution < -0.4 is 10.6 Å². The summed E-state index contributed by atoms with van der Waals surface area (Å²) in [5.74, 6) is -0.633. The summed E-state index contributed by atoms with van der Waals surface area (Å²) in [7, 11) is 0. The molecule has 1 aliphatic rings. The van der Waals surface area contributed by atoms with Gasteiger partial charge in [-0.1, -0.05) is 0 Å². The molecule has 0 radical (unpaired) electrons. The molecular formula is C11H13N3O5. The van der Waals surface area contributed by atoms with Crippen LogP contribution >= 0.6 is 0 Å². The molecule has 1 fully saturated rings. The average molecular weight is 267 g/mol. The second-order valence-corrected chi connectivity index (χ2v) is 4.03. The molecular weight excluding hydrogens is 254 g/mol. The number of hydrogen-bond donors (Lipinski definition) is 3. The van der Waals surface area contributed by atoms with E-state index < -0.39 is 16.9 Å². The van der Waals surface area contributed by atoms with Crippen molar-refractivity contribution >= 4 is 17.3 Å². The maximum absolute atomic E-state index is 11.9. The van der Waals surface area contributed by atoms with Crippen LogP contribution in [0.25, 0.3) is 0 Å². The molecule has 2 rings (SSSR count). The molecule has 0 aliphatic carbocycles. The lowest BCUT2D eigenvalue weighted by atomic mass is 10.2. The Balaban J connectivity index is 2.11. The molecule has 0 spiro atoms. The van der Waals surface area contributed by atoms with Crippen LogP contribution in [0.2, 0.25) is 0 Å². The van der Waals surface area contributed by atoms with Crippen molar-refractivity contribution in [2.75, 3.05) is 25.1 Å². The first kappa shape index (κ1) is 13.2. The van der Waals surface area contributed by atoms with E-state index in [2.05, 4.69) is 10.6 Å². The molecule has 0 bridgehead atoms. The summed E-state index contributed by atoms with van der Waals surface area (Å²) in [5, 5.41) is 25.6. The topological polar surface area (TPSA) is 114 Å². The SMILES string of the molecule is O=C(Nc1cc([N+](=O)[O-])ccc1O)C1COCCN1. The molecule has 8 heteroatoms. The Hall–Kier alpha value is -2.19. The van der Waals surface area contributed by atoms with E-state index in [1.807, 2.05) is 0 Å². The molecule has 1 aromatic carbocycles. The number of morpholine rings is 1. The summed E-state index contributed by atoms with van der Waals surface area (Å²) in [4.78, 5) is 21.9. The van der Waals surface area contributed by atoms with E-state index in [4.69, 9.17) is 4.74 Å². The van der Waals surface area contributed by atoms with Gasteiger partial charge in [-0.3, -0.25) is 14.9 Å². The van der Waals surface area contributed by atoms with Crippen molar-refractivity contribution in [3.8, 4) is 5.75 Å². The molecule has 1 aliphatic heterocycles. The number of nitrogens with one attached hydrogen (secondary N) is 2. The molecule has 19 heavy (non-hydrogen) atoms. The third-order valence-corrected chi connectivity index (χ3v) is 2.69. The number of aromatic hydroxyl groups is 1. The molecule has 3 N–H and O–H groups in total. The zero-order chi connectivity index (χ0) is 13.8. The van der Waals surface area contributed by atoms with Gasteiger partial charge in [0.05, 0.1) is 23.8 Å². The van der Waals surface area contributed by atoms with E-state index in [1.54, 1.807) is 0 Å². The Kier molecular flexibility index (Phi) is 3.93. The molecule has 102 valence electrons. The highest BCUT2D eigenvalue weighted by molar-refractivity contribution is 5.96. The highest BCUT2D eigenvalue weighted by atomic mass is 16.6. The summed E-state index contributed by atoms with van der Waals surface area (Å²) in [6, 6.07) is 2.90. The summed E-state index contributed by atoms with van der Waals surface area (Å²) in [5.41, 5.74) is -0.201. The van der Waals surface area contributed by atoms with Gasteiger partial charge in [0.1, 0.15) is 11.8 Å². The molecule has 0 aromatic heterocycles. The number of carbonyl (C=O) groups excluding carboxylic acids is 1. The second kappa shape index (κ2) is 5.63. The van der Waals surface area contributed by atoms with E-state index in [9.17, 15) is 20.0 Å². The fourth-order valence-electron chi connectivity index (χ4n) is 1.69. The number of nitro benzene ring substituents is 1. The van der Waals surface area contributed by atoms with Crippen molar-refractivity contribution in [1.29, 1.82) is 0 Å². The van der Waals surface area contributed by atoms with Gasteiger partial charge in [0.2, 0.25) is 5.91 Å². The molecule has 8 nitrogen and oxygen atoms in total. The molecule has 1 heterocycles. The van der Waals surface area contributed by atoms with Crippen molar-refractivity contribution in [1.82, 2.24) is 5.32 Å². The number of phenolic OH excluding ortho intramolecular Hbond substituents is 1. The van der Waals surface area contributed by atoms with Gasteiger partial charge in [0.15, 0.2) is 0 Å². The minimum Gasteiger partial charge on any atom is -0.506 e. The van der Waals surface area contributed by atoms with E-state index in [0.717, 1.165) is 12.1 Å². The average Bonchev–Trinajstić information content (AvgIpc) is 2.42. The number of hydrogen-bond acceptors (Lipinski definition) is 6. The first-order valence-electron chi connectivity index (χ1n) is 5.67. The van der Waals surface area contributed by atoms with Crippen molar-refractivity contribution in [2.24, 2.45) is 0 Å². The quantitative estimate of drug-likeness (QED) is 0.410. The minimum atomic E-state index is -0.600. The van der Waals surface area contributed by atoms with Gasteiger partial charge in [-0.25, -0.2) is 0 Å². The number of nitrogens with zero attached hydrogens (tertiary/aromatic N) is 1. The van der Waals surface area contributed by atoms with Crippen molar-refractivity contribution < 1.29 is 19.6 Å². The smallest absolute Gasteiger partial charge is 0.271 e. The highest BCUT2D eigenvalue weighted by Gasteiger charge is 2.22. The Bertz CT molecular complexity index is 499. The number of ether oxygens (including phenoxy) is 1. The van der Waals surface area contributed by atoms with Gasteiger partial charge in [-0.2, -0.15) is 0 Å². The third kappa shape index (κ3) is 3.18. The van der Waals surface area contributed by atoms with Crippen LogP contribution in [-0.4, -0.2) is 41.7 Å². The fourth-order valence-corrected chi connectivity index (χ4v) is 1.69. The summed E-state index contributed by atoms with van der Waals surface area (Å²) in [6.07, 6.45) is 0. The van der Waals surface area contributed by atoms with Gasteiger partial charge in [0.25, 0.3) is 5.69 Å². The van der Waals surface area contributed by atoms with Crippen LogP contribution in [0.4, 0.5) is 11.4 Å². The van der Waals surface area contributed by atoms with Crippen LogP contribution in [0, 0.1) is 10.1 Å². The Morgan fingerprint density at radius 3 is 3.00 bits per heavy atom. The largest absolute Gasteiger partial charge is 0.506 e. The molecule has 0 saturated carbocycles. The number of carbonyl (C=O) groups is 1. The van der Waals surface area contributed by atoms with E-state index in [0.29, 0.717) is 13.2 Å². The minimum absolute atomic E-state index is 0.00609.